The highest BCUT2D eigenvalue weighted by Crippen LogP contribution is 2.24. The summed E-state index contributed by atoms with van der Waals surface area (Å²) in [5.74, 6) is 0.104. The molecular weight excluding hydrogens is 336 g/mol. The van der Waals surface area contributed by atoms with Gasteiger partial charge in [-0.1, -0.05) is 24.3 Å². The molecule has 6 heteroatoms. The number of nitrogens with one attached hydrogen (secondary N) is 2. The Labute approximate surface area is 149 Å². The molecule has 0 aliphatic rings. The highest BCUT2D eigenvalue weighted by atomic mass is 32.1. The Balaban J connectivity index is 1.74. The molecule has 2 aromatic carbocycles. The topological polar surface area (TPSA) is 67.4 Å². The maximum Gasteiger partial charge on any atom is 0.265 e. The van der Waals surface area contributed by atoms with E-state index in [1.165, 1.54) is 11.3 Å². The zero-order valence-corrected chi connectivity index (χ0v) is 14.3. The fourth-order valence-corrected chi connectivity index (χ4v) is 2.90. The first-order valence-electron chi connectivity index (χ1n) is 7.56. The molecule has 0 saturated heterocycles. The summed E-state index contributed by atoms with van der Waals surface area (Å²) in [5.41, 5.74) is 1.59. The Kier molecular flexibility index (Phi) is 5.11. The number of carbonyl (C=O) groups is 2. The lowest BCUT2D eigenvalue weighted by Crippen LogP contribution is -2.14. The second-order valence-electron chi connectivity index (χ2n) is 5.17. The molecule has 2 amide bonds. The van der Waals surface area contributed by atoms with Crippen molar-refractivity contribution >= 4 is 34.5 Å². The Morgan fingerprint density at radius 1 is 0.920 bits per heavy atom. The number of hydrogen-bond acceptors (Lipinski definition) is 4. The second kappa shape index (κ2) is 7.63. The van der Waals surface area contributed by atoms with E-state index in [9.17, 15) is 9.59 Å². The minimum atomic E-state index is -0.281. The molecule has 0 aliphatic heterocycles. The van der Waals surface area contributed by atoms with E-state index in [0.717, 1.165) is 0 Å². The smallest absolute Gasteiger partial charge is 0.265 e. The minimum absolute atomic E-state index is 0.197. The molecule has 0 saturated carbocycles. The number of rotatable bonds is 5. The summed E-state index contributed by atoms with van der Waals surface area (Å²) < 4.78 is 5.23. The summed E-state index contributed by atoms with van der Waals surface area (Å²) in [5, 5.41) is 7.44. The third kappa shape index (κ3) is 4.05. The van der Waals surface area contributed by atoms with Crippen molar-refractivity contribution in [1.82, 2.24) is 0 Å². The Morgan fingerprint density at radius 2 is 1.76 bits per heavy atom. The zero-order chi connectivity index (χ0) is 17.6. The van der Waals surface area contributed by atoms with Gasteiger partial charge in [-0.2, -0.15) is 0 Å². The van der Waals surface area contributed by atoms with Gasteiger partial charge in [0.25, 0.3) is 11.8 Å². The predicted molar refractivity (Wildman–Crippen MR) is 99.7 cm³/mol. The van der Waals surface area contributed by atoms with Gasteiger partial charge in [-0.3, -0.25) is 9.59 Å². The van der Waals surface area contributed by atoms with E-state index < -0.39 is 0 Å². The molecule has 126 valence electrons. The summed E-state index contributed by atoms with van der Waals surface area (Å²) in [4.78, 5) is 25.2. The van der Waals surface area contributed by atoms with Crippen LogP contribution >= 0.6 is 11.3 Å². The Hall–Kier alpha value is -3.12. The molecule has 5 nitrogen and oxygen atoms in total. The summed E-state index contributed by atoms with van der Waals surface area (Å²) in [6.07, 6.45) is 0. The van der Waals surface area contributed by atoms with Gasteiger partial charge in [0, 0.05) is 11.3 Å². The standard InChI is InChI=1S/C19H16N2O3S/c1-24-16-9-3-2-8-15(16)21-18(22)13-6-4-7-14(12-13)20-19(23)17-10-5-11-25-17/h2-12H,1H3,(H,20,23)(H,21,22). The van der Waals surface area contributed by atoms with Crippen molar-refractivity contribution in [2.45, 2.75) is 0 Å². The summed E-state index contributed by atoms with van der Waals surface area (Å²) in [6.45, 7) is 0. The summed E-state index contributed by atoms with van der Waals surface area (Å²) in [7, 11) is 1.55. The van der Waals surface area contributed by atoms with Gasteiger partial charge in [-0.25, -0.2) is 0 Å². The van der Waals surface area contributed by atoms with Gasteiger partial charge < -0.3 is 15.4 Å². The Morgan fingerprint density at radius 3 is 2.52 bits per heavy atom. The molecule has 0 bridgehead atoms. The molecule has 0 spiro atoms. The zero-order valence-electron chi connectivity index (χ0n) is 13.5. The van der Waals surface area contributed by atoms with Gasteiger partial charge in [0.05, 0.1) is 17.7 Å². The molecule has 3 aromatic rings. The molecule has 3 rings (SSSR count). The van der Waals surface area contributed by atoms with E-state index >= 15 is 0 Å². The molecule has 0 atom stereocenters. The van der Waals surface area contributed by atoms with E-state index in [4.69, 9.17) is 4.74 Å². The van der Waals surface area contributed by atoms with Crippen LogP contribution in [0.15, 0.2) is 66.0 Å². The summed E-state index contributed by atoms with van der Waals surface area (Å²) >= 11 is 1.36. The van der Waals surface area contributed by atoms with Crippen molar-refractivity contribution in [3.8, 4) is 5.75 Å². The molecule has 25 heavy (non-hydrogen) atoms. The van der Waals surface area contributed by atoms with Crippen molar-refractivity contribution in [1.29, 1.82) is 0 Å². The first kappa shape index (κ1) is 16.7. The van der Waals surface area contributed by atoms with Crippen LogP contribution < -0.4 is 15.4 Å². The molecule has 0 fully saturated rings. The monoisotopic (exact) mass is 352 g/mol. The van der Waals surface area contributed by atoms with Gasteiger partial charge in [0.1, 0.15) is 5.75 Å². The van der Waals surface area contributed by atoms with E-state index in [-0.39, 0.29) is 11.8 Å². The Bertz CT molecular complexity index is 891. The van der Waals surface area contributed by atoms with Crippen LogP contribution in [0.1, 0.15) is 20.0 Å². The number of para-hydroxylation sites is 2. The van der Waals surface area contributed by atoms with Gasteiger partial charge in [-0.15, -0.1) is 11.3 Å². The van der Waals surface area contributed by atoms with E-state index in [1.54, 1.807) is 49.6 Å². The number of ether oxygens (including phenoxy) is 1. The van der Waals surface area contributed by atoms with Gasteiger partial charge in [-0.05, 0) is 41.8 Å². The number of anilines is 2. The predicted octanol–water partition coefficient (Wildman–Crippen LogP) is 4.26. The van der Waals surface area contributed by atoms with E-state index in [2.05, 4.69) is 10.6 Å². The van der Waals surface area contributed by atoms with E-state index in [1.807, 2.05) is 23.6 Å². The van der Waals surface area contributed by atoms with Crippen molar-refractivity contribution in [3.63, 3.8) is 0 Å². The molecule has 0 unspecified atom stereocenters. The van der Waals surface area contributed by atoms with Crippen LogP contribution in [0.4, 0.5) is 11.4 Å². The van der Waals surface area contributed by atoms with Crippen LogP contribution in [0.25, 0.3) is 0 Å². The fraction of sp³-hybridized carbons (Fsp3) is 0.0526. The number of benzene rings is 2. The fourth-order valence-electron chi connectivity index (χ4n) is 2.28. The van der Waals surface area contributed by atoms with Crippen LogP contribution in [-0.2, 0) is 0 Å². The van der Waals surface area contributed by atoms with Crippen molar-refractivity contribution < 1.29 is 14.3 Å². The average Bonchev–Trinajstić information content (AvgIpc) is 3.17. The number of amides is 2. The molecule has 0 aliphatic carbocycles. The molecule has 2 N–H and O–H groups in total. The summed E-state index contributed by atoms with van der Waals surface area (Å²) in [6, 6.07) is 17.5. The molecule has 1 aromatic heterocycles. The minimum Gasteiger partial charge on any atom is -0.495 e. The normalized spacial score (nSPS) is 10.1. The number of thiophene rings is 1. The van der Waals surface area contributed by atoms with Gasteiger partial charge in [0.2, 0.25) is 0 Å². The van der Waals surface area contributed by atoms with Crippen LogP contribution in [0.2, 0.25) is 0 Å². The van der Waals surface area contributed by atoms with Crippen molar-refractivity contribution in [3.05, 3.63) is 76.5 Å². The largest absolute Gasteiger partial charge is 0.495 e. The molecular formula is C19H16N2O3S. The lowest BCUT2D eigenvalue weighted by Gasteiger charge is -2.10. The third-order valence-corrected chi connectivity index (χ3v) is 4.35. The maximum atomic E-state index is 12.5. The highest BCUT2D eigenvalue weighted by Gasteiger charge is 2.11. The van der Waals surface area contributed by atoms with Crippen molar-refractivity contribution in [2.75, 3.05) is 17.7 Å². The first-order chi connectivity index (χ1) is 12.2. The second-order valence-corrected chi connectivity index (χ2v) is 6.11. The molecule has 1 heterocycles. The van der Waals surface area contributed by atoms with Crippen LogP contribution in [0.3, 0.4) is 0 Å². The lowest BCUT2D eigenvalue weighted by atomic mass is 10.1. The first-order valence-corrected chi connectivity index (χ1v) is 8.44. The van der Waals surface area contributed by atoms with Gasteiger partial charge >= 0.3 is 0 Å². The number of hydrogen-bond donors (Lipinski definition) is 2. The maximum absolute atomic E-state index is 12.5. The van der Waals surface area contributed by atoms with Crippen molar-refractivity contribution in [2.24, 2.45) is 0 Å². The van der Waals surface area contributed by atoms with Crippen LogP contribution in [0.5, 0.6) is 5.75 Å². The van der Waals surface area contributed by atoms with Crippen LogP contribution in [0, 0.1) is 0 Å². The highest BCUT2D eigenvalue weighted by molar-refractivity contribution is 7.12. The average molecular weight is 352 g/mol. The SMILES string of the molecule is COc1ccccc1NC(=O)c1cccc(NC(=O)c2cccs2)c1. The van der Waals surface area contributed by atoms with E-state index in [0.29, 0.717) is 27.6 Å². The third-order valence-electron chi connectivity index (χ3n) is 3.48. The van der Waals surface area contributed by atoms with Crippen LogP contribution in [-0.4, -0.2) is 18.9 Å². The quantitative estimate of drug-likeness (QED) is 0.721. The van der Waals surface area contributed by atoms with Gasteiger partial charge in [0.15, 0.2) is 0 Å². The molecule has 0 radical (unpaired) electrons. The number of methoxy groups -OCH3 is 1. The lowest BCUT2D eigenvalue weighted by molar-refractivity contribution is 0.101. The number of carbonyl (C=O) groups excluding carboxylic acids is 2.